The fourth-order valence-corrected chi connectivity index (χ4v) is 2.59. The van der Waals surface area contributed by atoms with Gasteiger partial charge in [-0.1, -0.05) is 12.1 Å². The van der Waals surface area contributed by atoms with E-state index in [2.05, 4.69) is 10.2 Å². The Balaban J connectivity index is 2.08. The number of esters is 1. The molecule has 0 aliphatic carbocycles. The van der Waals surface area contributed by atoms with Crippen LogP contribution in [0.25, 0.3) is 0 Å². The van der Waals surface area contributed by atoms with Gasteiger partial charge in [0.25, 0.3) is 0 Å². The Hall–Kier alpha value is -1.88. The maximum atomic E-state index is 12.4. The number of carbonyl (C=O) groups excluding carboxylic acids is 2. The molecule has 1 N–H and O–H groups in total. The summed E-state index contributed by atoms with van der Waals surface area (Å²) in [6.45, 7) is 3.86. The number of anilines is 1. The number of hydrogen-bond acceptors (Lipinski definition) is 4. The van der Waals surface area contributed by atoms with Crippen LogP contribution in [-0.4, -0.2) is 43.5 Å². The van der Waals surface area contributed by atoms with Gasteiger partial charge >= 0.3 is 5.97 Å². The average molecular weight is 290 g/mol. The number of ether oxygens (including phenoxy) is 1. The van der Waals surface area contributed by atoms with Crippen molar-refractivity contribution in [3.63, 3.8) is 0 Å². The Morgan fingerprint density at radius 2 is 2.14 bits per heavy atom. The van der Waals surface area contributed by atoms with E-state index in [4.69, 9.17) is 4.74 Å². The van der Waals surface area contributed by atoms with Gasteiger partial charge in [-0.05, 0) is 45.5 Å². The third kappa shape index (κ3) is 4.04. The van der Waals surface area contributed by atoms with E-state index in [1.54, 1.807) is 31.2 Å². The van der Waals surface area contributed by atoms with E-state index in [1.807, 2.05) is 7.05 Å². The van der Waals surface area contributed by atoms with E-state index in [-0.39, 0.29) is 11.8 Å². The van der Waals surface area contributed by atoms with Crippen molar-refractivity contribution in [3.8, 4) is 0 Å². The fourth-order valence-electron chi connectivity index (χ4n) is 2.59. The molecule has 114 valence electrons. The van der Waals surface area contributed by atoms with Gasteiger partial charge in [0.15, 0.2) is 0 Å². The van der Waals surface area contributed by atoms with Crippen LogP contribution in [-0.2, 0) is 9.53 Å². The number of rotatable bonds is 4. The molecule has 0 bridgehead atoms. The molecule has 1 aliphatic heterocycles. The summed E-state index contributed by atoms with van der Waals surface area (Å²) in [5, 5.41) is 2.87. The molecule has 0 radical (unpaired) electrons. The largest absolute Gasteiger partial charge is 0.462 e. The molecule has 1 fully saturated rings. The number of amides is 1. The average Bonchev–Trinajstić information content (AvgIpc) is 2.48. The maximum Gasteiger partial charge on any atom is 0.340 e. The van der Waals surface area contributed by atoms with Gasteiger partial charge in [0.1, 0.15) is 0 Å². The monoisotopic (exact) mass is 290 g/mol. The number of nitrogens with zero attached hydrogens (tertiary/aromatic N) is 1. The lowest BCUT2D eigenvalue weighted by molar-refractivity contribution is -0.121. The molecular weight excluding hydrogens is 268 g/mol. The zero-order valence-corrected chi connectivity index (χ0v) is 12.6. The van der Waals surface area contributed by atoms with Crippen molar-refractivity contribution in [3.05, 3.63) is 29.8 Å². The summed E-state index contributed by atoms with van der Waals surface area (Å²) in [4.78, 5) is 26.4. The van der Waals surface area contributed by atoms with Gasteiger partial charge in [-0.2, -0.15) is 0 Å². The van der Waals surface area contributed by atoms with Crippen LogP contribution >= 0.6 is 0 Å². The second kappa shape index (κ2) is 7.22. The van der Waals surface area contributed by atoms with Crippen LogP contribution in [0.1, 0.15) is 30.1 Å². The second-order valence-corrected chi connectivity index (χ2v) is 5.36. The Morgan fingerprint density at radius 3 is 2.86 bits per heavy atom. The smallest absolute Gasteiger partial charge is 0.340 e. The first-order valence-corrected chi connectivity index (χ1v) is 7.37. The lowest BCUT2D eigenvalue weighted by atomic mass is 9.97. The highest BCUT2D eigenvalue weighted by molar-refractivity contribution is 6.01. The molecule has 1 amide bonds. The highest BCUT2D eigenvalue weighted by atomic mass is 16.5. The summed E-state index contributed by atoms with van der Waals surface area (Å²) in [7, 11) is 2.02. The number of hydrogen-bond donors (Lipinski definition) is 1. The summed E-state index contributed by atoms with van der Waals surface area (Å²) in [6.07, 6.45) is 1.91. The quantitative estimate of drug-likeness (QED) is 0.863. The van der Waals surface area contributed by atoms with Gasteiger partial charge < -0.3 is 15.0 Å². The highest BCUT2D eigenvalue weighted by Gasteiger charge is 2.25. The predicted octanol–water partition coefficient (Wildman–Crippen LogP) is 2.14. The van der Waals surface area contributed by atoms with E-state index >= 15 is 0 Å². The molecule has 0 unspecified atom stereocenters. The lowest BCUT2D eigenvalue weighted by Crippen LogP contribution is -2.38. The predicted molar refractivity (Wildman–Crippen MR) is 81.2 cm³/mol. The minimum Gasteiger partial charge on any atom is -0.462 e. The van der Waals surface area contributed by atoms with Gasteiger partial charge in [0.2, 0.25) is 5.91 Å². The summed E-state index contributed by atoms with van der Waals surface area (Å²) >= 11 is 0. The van der Waals surface area contributed by atoms with Crippen LogP contribution in [0.2, 0.25) is 0 Å². The van der Waals surface area contributed by atoms with Crippen LogP contribution in [0.5, 0.6) is 0 Å². The molecular formula is C16H22N2O3. The van der Waals surface area contributed by atoms with Crippen molar-refractivity contribution in [2.45, 2.75) is 19.8 Å². The van der Waals surface area contributed by atoms with Crippen molar-refractivity contribution >= 4 is 17.6 Å². The summed E-state index contributed by atoms with van der Waals surface area (Å²) < 4.78 is 5.01. The van der Waals surface area contributed by atoms with Crippen LogP contribution in [0.3, 0.4) is 0 Å². The van der Waals surface area contributed by atoms with Crippen molar-refractivity contribution in [1.82, 2.24) is 4.90 Å². The van der Waals surface area contributed by atoms with Crippen molar-refractivity contribution in [2.75, 3.05) is 32.1 Å². The Bertz CT molecular complexity index is 516. The van der Waals surface area contributed by atoms with Gasteiger partial charge in [-0.15, -0.1) is 0 Å². The standard InChI is InChI=1S/C16H22N2O3/c1-3-21-16(20)13-8-4-5-9-14(13)17-15(19)12-7-6-10-18(2)11-12/h4-5,8-9,12H,3,6-7,10-11H2,1-2H3,(H,17,19)/t12-/m1/s1. The number of likely N-dealkylation sites (tertiary alicyclic amines) is 1. The normalized spacial score (nSPS) is 19.0. The van der Waals surface area contributed by atoms with E-state index in [1.165, 1.54) is 0 Å². The summed E-state index contributed by atoms with van der Waals surface area (Å²) in [6, 6.07) is 6.96. The first-order valence-electron chi connectivity index (χ1n) is 7.37. The second-order valence-electron chi connectivity index (χ2n) is 5.36. The molecule has 0 saturated carbocycles. The van der Waals surface area contributed by atoms with Gasteiger partial charge in [0.05, 0.1) is 23.8 Å². The molecule has 1 aromatic carbocycles. The number of carbonyl (C=O) groups is 2. The molecule has 5 heteroatoms. The number of para-hydroxylation sites is 1. The van der Waals surface area contributed by atoms with Gasteiger partial charge in [0, 0.05) is 6.54 Å². The van der Waals surface area contributed by atoms with Crippen LogP contribution in [0.15, 0.2) is 24.3 Å². The molecule has 0 aromatic heterocycles. The molecule has 1 heterocycles. The first kappa shape index (κ1) is 15.5. The highest BCUT2D eigenvalue weighted by Crippen LogP contribution is 2.20. The van der Waals surface area contributed by atoms with Gasteiger partial charge in [-0.25, -0.2) is 4.79 Å². The number of nitrogens with one attached hydrogen (secondary N) is 1. The minimum absolute atomic E-state index is 0.0287. The number of piperidine rings is 1. The van der Waals surface area contributed by atoms with Crippen LogP contribution in [0, 0.1) is 5.92 Å². The molecule has 1 atom stereocenters. The first-order chi connectivity index (χ1) is 10.1. The molecule has 0 spiro atoms. The van der Waals surface area contributed by atoms with Crippen molar-refractivity contribution in [2.24, 2.45) is 5.92 Å². The van der Waals surface area contributed by atoms with E-state index < -0.39 is 5.97 Å². The minimum atomic E-state index is -0.408. The third-order valence-electron chi connectivity index (χ3n) is 3.68. The molecule has 5 nitrogen and oxygen atoms in total. The van der Waals surface area contributed by atoms with E-state index in [0.717, 1.165) is 25.9 Å². The Labute approximate surface area is 125 Å². The fraction of sp³-hybridized carbons (Fsp3) is 0.500. The maximum absolute atomic E-state index is 12.4. The SMILES string of the molecule is CCOC(=O)c1ccccc1NC(=O)[C@@H]1CCCN(C)C1. The molecule has 2 rings (SSSR count). The Morgan fingerprint density at radius 1 is 1.38 bits per heavy atom. The van der Waals surface area contributed by atoms with Crippen molar-refractivity contribution in [1.29, 1.82) is 0 Å². The van der Waals surface area contributed by atoms with Crippen LogP contribution < -0.4 is 5.32 Å². The topological polar surface area (TPSA) is 58.6 Å². The van der Waals surface area contributed by atoms with E-state index in [9.17, 15) is 9.59 Å². The number of benzene rings is 1. The third-order valence-corrected chi connectivity index (χ3v) is 3.68. The molecule has 1 aliphatic rings. The summed E-state index contributed by atoms with van der Waals surface area (Å²) in [5.41, 5.74) is 0.922. The molecule has 21 heavy (non-hydrogen) atoms. The van der Waals surface area contributed by atoms with Gasteiger partial charge in [-0.3, -0.25) is 4.79 Å². The lowest BCUT2D eigenvalue weighted by Gasteiger charge is -2.28. The zero-order chi connectivity index (χ0) is 15.2. The zero-order valence-electron chi connectivity index (χ0n) is 12.6. The van der Waals surface area contributed by atoms with Crippen molar-refractivity contribution < 1.29 is 14.3 Å². The molecule has 1 saturated heterocycles. The van der Waals surface area contributed by atoms with Crippen LogP contribution in [0.4, 0.5) is 5.69 Å². The molecule has 1 aromatic rings. The Kier molecular flexibility index (Phi) is 5.33. The van der Waals surface area contributed by atoms with E-state index in [0.29, 0.717) is 17.9 Å². The summed E-state index contributed by atoms with van der Waals surface area (Å²) in [5.74, 6) is -0.466.